The van der Waals surface area contributed by atoms with Crippen molar-refractivity contribution in [2.24, 2.45) is 0 Å². The predicted octanol–water partition coefficient (Wildman–Crippen LogP) is 5.01. The zero-order valence-electron chi connectivity index (χ0n) is 12.0. The van der Waals surface area contributed by atoms with Gasteiger partial charge in [0.2, 0.25) is 5.91 Å². The Morgan fingerprint density at radius 1 is 1.32 bits per heavy atom. The Balaban J connectivity index is 2.23. The monoisotopic (exact) mass is 343 g/mol. The molecule has 0 saturated heterocycles. The summed E-state index contributed by atoms with van der Waals surface area (Å²) in [5.41, 5.74) is 1.63. The van der Waals surface area contributed by atoms with Crippen molar-refractivity contribution < 1.29 is 13.6 Å². The molecule has 1 aromatic carbocycles. The predicted molar refractivity (Wildman–Crippen MR) is 85.4 cm³/mol. The highest BCUT2D eigenvalue weighted by molar-refractivity contribution is 7.07. The molecule has 22 heavy (non-hydrogen) atoms. The minimum Gasteiger partial charge on any atom is -0.331 e. The summed E-state index contributed by atoms with van der Waals surface area (Å²) in [5.74, 6) is -0.356. The third-order valence-electron chi connectivity index (χ3n) is 3.48. The topological polar surface area (TPSA) is 20.3 Å². The van der Waals surface area contributed by atoms with Gasteiger partial charge in [0.1, 0.15) is 5.88 Å². The van der Waals surface area contributed by atoms with Gasteiger partial charge in [0, 0.05) is 12.1 Å². The number of rotatable bonds is 6. The first kappa shape index (κ1) is 16.9. The molecule has 6 heteroatoms. The van der Waals surface area contributed by atoms with Gasteiger partial charge in [-0.05, 0) is 40.9 Å². The number of hydrogen-bond donors (Lipinski definition) is 0. The standard InChI is InChI=1S/C16H16ClF2NOS/c1-11(14-5-6-22-10-14)20(15(21)8-17)9-12-3-2-4-13(7-12)16(18)19/h2-7,10-11,16H,8-9H2,1H3. The highest BCUT2D eigenvalue weighted by Crippen LogP contribution is 2.26. The maximum absolute atomic E-state index is 12.8. The molecule has 118 valence electrons. The van der Waals surface area contributed by atoms with Crippen LogP contribution in [0.4, 0.5) is 8.78 Å². The first-order chi connectivity index (χ1) is 10.5. The zero-order chi connectivity index (χ0) is 16.1. The molecular formula is C16H16ClF2NOS. The van der Waals surface area contributed by atoms with Crippen molar-refractivity contribution in [2.75, 3.05) is 5.88 Å². The molecule has 2 aromatic rings. The lowest BCUT2D eigenvalue weighted by atomic mass is 10.1. The summed E-state index contributed by atoms with van der Waals surface area (Å²) >= 11 is 7.24. The fraction of sp³-hybridized carbons (Fsp3) is 0.312. The fourth-order valence-corrected chi connectivity index (χ4v) is 3.13. The molecule has 0 aliphatic carbocycles. The Labute approximate surface area is 137 Å². The number of carbonyl (C=O) groups excluding carboxylic acids is 1. The summed E-state index contributed by atoms with van der Waals surface area (Å²) in [4.78, 5) is 13.7. The Kier molecular flexibility index (Phi) is 5.91. The van der Waals surface area contributed by atoms with E-state index in [1.807, 2.05) is 23.8 Å². The number of nitrogens with zero attached hydrogens (tertiary/aromatic N) is 1. The third-order valence-corrected chi connectivity index (χ3v) is 4.41. The van der Waals surface area contributed by atoms with Crippen molar-refractivity contribution in [3.05, 3.63) is 57.8 Å². The molecule has 2 rings (SSSR count). The first-order valence-electron chi connectivity index (χ1n) is 6.77. The second-order valence-electron chi connectivity index (χ2n) is 4.93. The molecule has 1 atom stereocenters. The van der Waals surface area contributed by atoms with Gasteiger partial charge in [0.05, 0.1) is 6.04 Å². The number of hydrogen-bond acceptors (Lipinski definition) is 2. The van der Waals surface area contributed by atoms with E-state index < -0.39 is 6.43 Å². The lowest BCUT2D eigenvalue weighted by molar-refractivity contribution is -0.131. The van der Waals surface area contributed by atoms with Gasteiger partial charge in [-0.3, -0.25) is 4.79 Å². The van der Waals surface area contributed by atoms with Crippen LogP contribution in [0.25, 0.3) is 0 Å². The summed E-state index contributed by atoms with van der Waals surface area (Å²) in [6.45, 7) is 2.16. The highest BCUT2D eigenvalue weighted by atomic mass is 35.5. The SMILES string of the molecule is CC(c1ccsc1)N(Cc1cccc(C(F)F)c1)C(=O)CCl. The van der Waals surface area contributed by atoms with Crippen LogP contribution in [0.3, 0.4) is 0 Å². The Morgan fingerprint density at radius 3 is 2.68 bits per heavy atom. The minimum absolute atomic E-state index is 0.0426. The number of amides is 1. The van der Waals surface area contributed by atoms with Gasteiger partial charge in [0.25, 0.3) is 6.43 Å². The van der Waals surface area contributed by atoms with Gasteiger partial charge < -0.3 is 4.90 Å². The maximum Gasteiger partial charge on any atom is 0.263 e. The molecule has 0 fully saturated rings. The van der Waals surface area contributed by atoms with Crippen LogP contribution in [0.15, 0.2) is 41.1 Å². The summed E-state index contributed by atoms with van der Waals surface area (Å²) in [7, 11) is 0. The van der Waals surface area contributed by atoms with Gasteiger partial charge in [0.15, 0.2) is 0 Å². The van der Waals surface area contributed by atoms with Crippen LogP contribution < -0.4 is 0 Å². The molecule has 0 bridgehead atoms. The number of thiophene rings is 1. The van der Waals surface area contributed by atoms with Crippen molar-refractivity contribution in [2.45, 2.75) is 25.9 Å². The highest BCUT2D eigenvalue weighted by Gasteiger charge is 2.21. The van der Waals surface area contributed by atoms with E-state index in [4.69, 9.17) is 11.6 Å². The molecule has 1 unspecified atom stereocenters. The van der Waals surface area contributed by atoms with E-state index in [1.54, 1.807) is 28.4 Å². The Hall–Kier alpha value is -1.46. The molecule has 0 radical (unpaired) electrons. The largest absolute Gasteiger partial charge is 0.331 e. The molecule has 1 heterocycles. The molecule has 0 aliphatic rings. The van der Waals surface area contributed by atoms with Crippen molar-refractivity contribution in [3.8, 4) is 0 Å². The van der Waals surface area contributed by atoms with Gasteiger partial charge in [-0.1, -0.05) is 18.2 Å². The average molecular weight is 344 g/mol. The van der Waals surface area contributed by atoms with E-state index in [2.05, 4.69) is 0 Å². The second kappa shape index (κ2) is 7.70. The molecule has 0 spiro atoms. The van der Waals surface area contributed by atoms with Crippen LogP contribution in [0, 0.1) is 0 Å². The summed E-state index contributed by atoms with van der Waals surface area (Å²) < 4.78 is 25.6. The number of halogens is 3. The third kappa shape index (κ3) is 4.05. The van der Waals surface area contributed by atoms with E-state index in [9.17, 15) is 13.6 Å². The Morgan fingerprint density at radius 2 is 2.09 bits per heavy atom. The van der Waals surface area contributed by atoms with Crippen molar-refractivity contribution in [1.29, 1.82) is 0 Å². The number of alkyl halides is 3. The molecule has 1 aromatic heterocycles. The normalized spacial score (nSPS) is 12.4. The van der Waals surface area contributed by atoms with E-state index >= 15 is 0 Å². The van der Waals surface area contributed by atoms with Crippen molar-refractivity contribution in [1.82, 2.24) is 4.90 Å². The number of carbonyl (C=O) groups is 1. The van der Waals surface area contributed by atoms with Gasteiger partial charge in [-0.2, -0.15) is 11.3 Å². The van der Waals surface area contributed by atoms with E-state index in [0.29, 0.717) is 5.56 Å². The smallest absolute Gasteiger partial charge is 0.263 e. The van der Waals surface area contributed by atoms with Gasteiger partial charge in [-0.25, -0.2) is 8.78 Å². The molecule has 0 N–H and O–H groups in total. The molecule has 2 nitrogen and oxygen atoms in total. The average Bonchev–Trinajstić information content (AvgIpc) is 3.06. The lowest BCUT2D eigenvalue weighted by Crippen LogP contribution is -2.33. The van der Waals surface area contributed by atoms with Gasteiger partial charge in [-0.15, -0.1) is 11.6 Å². The maximum atomic E-state index is 12.8. The summed E-state index contributed by atoms with van der Waals surface area (Å²) in [5, 5.41) is 3.90. The molecule has 0 saturated carbocycles. The van der Waals surface area contributed by atoms with E-state index in [1.165, 1.54) is 12.1 Å². The van der Waals surface area contributed by atoms with Crippen molar-refractivity contribution >= 4 is 28.8 Å². The van der Waals surface area contributed by atoms with Crippen LogP contribution in [-0.2, 0) is 11.3 Å². The first-order valence-corrected chi connectivity index (χ1v) is 8.25. The molecular weight excluding hydrogens is 328 g/mol. The van der Waals surface area contributed by atoms with Crippen LogP contribution in [0.2, 0.25) is 0 Å². The van der Waals surface area contributed by atoms with E-state index in [-0.39, 0.29) is 29.9 Å². The summed E-state index contributed by atoms with van der Waals surface area (Å²) in [6.07, 6.45) is -2.52. The summed E-state index contributed by atoms with van der Waals surface area (Å²) in [6, 6.07) is 7.91. The zero-order valence-corrected chi connectivity index (χ0v) is 13.6. The quantitative estimate of drug-likeness (QED) is 0.675. The van der Waals surface area contributed by atoms with Gasteiger partial charge >= 0.3 is 0 Å². The molecule has 1 amide bonds. The lowest BCUT2D eigenvalue weighted by Gasteiger charge is -2.28. The fourth-order valence-electron chi connectivity index (χ4n) is 2.23. The number of benzene rings is 1. The second-order valence-corrected chi connectivity index (χ2v) is 5.98. The van der Waals surface area contributed by atoms with Crippen LogP contribution in [0.5, 0.6) is 0 Å². The Bertz CT molecular complexity index is 618. The van der Waals surface area contributed by atoms with Crippen LogP contribution >= 0.6 is 22.9 Å². The van der Waals surface area contributed by atoms with Crippen LogP contribution in [0.1, 0.15) is 36.1 Å². The van der Waals surface area contributed by atoms with E-state index in [0.717, 1.165) is 5.56 Å². The molecule has 0 aliphatic heterocycles. The van der Waals surface area contributed by atoms with Crippen LogP contribution in [-0.4, -0.2) is 16.7 Å². The minimum atomic E-state index is -2.52. The van der Waals surface area contributed by atoms with Crippen molar-refractivity contribution in [3.63, 3.8) is 0 Å².